The highest BCUT2D eigenvalue weighted by Crippen LogP contribution is 2.30. The minimum absolute atomic E-state index is 0.178. The number of ether oxygens (including phenoxy) is 2. The second-order valence-electron chi connectivity index (χ2n) is 9.96. The van der Waals surface area contributed by atoms with Crippen molar-refractivity contribution in [1.29, 1.82) is 0 Å². The van der Waals surface area contributed by atoms with E-state index in [0.29, 0.717) is 0 Å². The molecule has 0 aliphatic carbocycles. The SMILES string of the molecule is COC(=O)c1cc(C(=O)OC)cc(S(=O)(=O)NC(=O)c2cc(C(C)(C)C)cc(C(C)(C)C)c2)c1. The van der Waals surface area contributed by atoms with Crippen LogP contribution in [0.4, 0.5) is 0 Å². The zero-order valence-corrected chi connectivity index (χ0v) is 21.5. The number of hydrogen-bond donors (Lipinski definition) is 1. The van der Waals surface area contributed by atoms with Gasteiger partial charge < -0.3 is 9.47 Å². The fourth-order valence-corrected chi connectivity index (χ4v) is 4.13. The van der Waals surface area contributed by atoms with Crippen molar-refractivity contribution in [3.05, 3.63) is 64.2 Å². The molecular weight excluding hydrogens is 458 g/mol. The quantitative estimate of drug-likeness (QED) is 0.632. The molecule has 0 unspecified atom stereocenters. The number of esters is 2. The van der Waals surface area contributed by atoms with E-state index in [1.165, 1.54) is 0 Å². The Hall–Kier alpha value is -3.20. The molecule has 0 saturated carbocycles. The molecule has 2 rings (SSSR count). The van der Waals surface area contributed by atoms with Crippen molar-refractivity contribution in [2.45, 2.75) is 57.3 Å². The van der Waals surface area contributed by atoms with E-state index in [-0.39, 0.29) is 27.5 Å². The lowest BCUT2D eigenvalue weighted by Crippen LogP contribution is -2.31. The Balaban J connectivity index is 2.56. The molecule has 0 heterocycles. The van der Waals surface area contributed by atoms with Gasteiger partial charge in [-0.25, -0.2) is 22.7 Å². The van der Waals surface area contributed by atoms with E-state index in [1.807, 2.05) is 52.3 Å². The summed E-state index contributed by atoms with van der Waals surface area (Å²) in [5, 5.41) is 0. The van der Waals surface area contributed by atoms with Gasteiger partial charge in [-0.2, -0.15) is 0 Å². The van der Waals surface area contributed by atoms with Crippen LogP contribution in [0.15, 0.2) is 41.3 Å². The van der Waals surface area contributed by atoms with Crippen molar-refractivity contribution in [2.24, 2.45) is 0 Å². The summed E-state index contributed by atoms with van der Waals surface area (Å²) in [5.74, 6) is -2.53. The van der Waals surface area contributed by atoms with Crippen LogP contribution in [0, 0.1) is 0 Å². The van der Waals surface area contributed by atoms with Crippen molar-refractivity contribution < 1.29 is 32.3 Å². The summed E-state index contributed by atoms with van der Waals surface area (Å²) < 4.78 is 37.5. The second-order valence-corrected chi connectivity index (χ2v) is 11.6. The Morgan fingerprint density at radius 1 is 0.676 bits per heavy atom. The molecule has 0 radical (unpaired) electrons. The fourth-order valence-electron chi connectivity index (χ4n) is 3.09. The Bertz CT molecular complexity index is 1170. The summed E-state index contributed by atoms with van der Waals surface area (Å²) in [6.07, 6.45) is 0. The highest BCUT2D eigenvalue weighted by atomic mass is 32.2. The van der Waals surface area contributed by atoms with E-state index in [2.05, 4.69) is 9.47 Å². The fraction of sp³-hybridized carbons (Fsp3) is 0.400. The summed E-state index contributed by atoms with van der Waals surface area (Å²) >= 11 is 0. The number of carbonyl (C=O) groups excluding carboxylic acids is 3. The van der Waals surface area contributed by atoms with Gasteiger partial charge in [0, 0.05) is 5.56 Å². The van der Waals surface area contributed by atoms with Crippen LogP contribution in [-0.4, -0.2) is 40.5 Å². The molecule has 2 aromatic carbocycles. The maximum atomic E-state index is 13.1. The first-order valence-corrected chi connectivity index (χ1v) is 12.0. The van der Waals surface area contributed by atoms with Gasteiger partial charge in [0.1, 0.15) is 0 Å². The summed E-state index contributed by atoms with van der Waals surface area (Å²) in [5.41, 5.74) is 1.02. The molecule has 0 atom stereocenters. The molecule has 0 spiro atoms. The van der Waals surface area contributed by atoms with Gasteiger partial charge in [-0.1, -0.05) is 47.6 Å². The molecule has 0 aliphatic rings. The minimum Gasteiger partial charge on any atom is -0.465 e. The van der Waals surface area contributed by atoms with Crippen LogP contribution in [0.25, 0.3) is 0 Å². The van der Waals surface area contributed by atoms with Gasteiger partial charge in [0.2, 0.25) is 0 Å². The molecule has 1 N–H and O–H groups in total. The third-order valence-corrected chi connectivity index (χ3v) is 6.52. The lowest BCUT2D eigenvalue weighted by Gasteiger charge is -2.26. The predicted octanol–water partition coefficient (Wildman–Crippen LogP) is 3.97. The molecule has 0 saturated heterocycles. The second kappa shape index (κ2) is 9.58. The summed E-state index contributed by atoms with van der Waals surface area (Å²) in [4.78, 5) is 36.6. The number of methoxy groups -OCH3 is 2. The van der Waals surface area contributed by atoms with Crippen LogP contribution < -0.4 is 4.72 Å². The topological polar surface area (TPSA) is 116 Å². The number of rotatable bonds is 5. The van der Waals surface area contributed by atoms with Gasteiger partial charge in [0.15, 0.2) is 0 Å². The summed E-state index contributed by atoms with van der Waals surface area (Å²) in [6.45, 7) is 12.0. The van der Waals surface area contributed by atoms with Gasteiger partial charge in [0.25, 0.3) is 15.9 Å². The molecule has 0 bridgehead atoms. The van der Waals surface area contributed by atoms with E-state index in [9.17, 15) is 22.8 Å². The van der Waals surface area contributed by atoms with Crippen molar-refractivity contribution in [2.75, 3.05) is 14.2 Å². The average molecular weight is 490 g/mol. The predicted molar refractivity (Wildman–Crippen MR) is 128 cm³/mol. The zero-order chi connectivity index (χ0) is 26.1. The Labute approximate surface area is 200 Å². The Kier molecular flexibility index (Phi) is 7.62. The largest absolute Gasteiger partial charge is 0.465 e. The van der Waals surface area contributed by atoms with Crippen LogP contribution in [0.5, 0.6) is 0 Å². The normalized spacial score (nSPS) is 12.1. The van der Waals surface area contributed by atoms with Gasteiger partial charge in [-0.3, -0.25) is 4.79 Å². The van der Waals surface area contributed by atoms with Gasteiger partial charge in [-0.05, 0) is 52.3 Å². The molecule has 184 valence electrons. The first-order chi connectivity index (χ1) is 15.5. The van der Waals surface area contributed by atoms with Crippen LogP contribution in [0.2, 0.25) is 0 Å². The third kappa shape index (κ3) is 6.22. The van der Waals surface area contributed by atoms with Gasteiger partial charge in [0.05, 0.1) is 30.2 Å². The Morgan fingerprint density at radius 2 is 1.09 bits per heavy atom. The summed E-state index contributed by atoms with van der Waals surface area (Å²) in [7, 11) is -2.20. The average Bonchev–Trinajstić information content (AvgIpc) is 2.75. The first kappa shape index (κ1) is 27.0. The molecule has 0 aromatic heterocycles. The van der Waals surface area contributed by atoms with Crippen molar-refractivity contribution in [1.82, 2.24) is 4.72 Å². The number of carbonyl (C=O) groups is 3. The van der Waals surface area contributed by atoms with E-state index < -0.39 is 32.8 Å². The van der Waals surface area contributed by atoms with E-state index in [0.717, 1.165) is 43.5 Å². The van der Waals surface area contributed by atoms with Gasteiger partial charge >= 0.3 is 11.9 Å². The van der Waals surface area contributed by atoms with E-state index in [4.69, 9.17) is 0 Å². The number of benzene rings is 2. The highest BCUT2D eigenvalue weighted by Gasteiger charge is 2.26. The van der Waals surface area contributed by atoms with Crippen LogP contribution in [-0.2, 0) is 30.3 Å². The number of hydrogen-bond acceptors (Lipinski definition) is 7. The summed E-state index contributed by atoms with van der Waals surface area (Å²) in [6, 6.07) is 8.53. The standard InChI is InChI=1S/C25H31NO7S/c1-24(2,3)18-10-15(11-19(14-18)25(4,5)6)21(27)26-34(30,31)20-12-16(22(28)32-7)9-17(13-20)23(29)33-8/h9-14H,1-8H3,(H,26,27). The molecule has 1 amide bonds. The van der Waals surface area contributed by atoms with Gasteiger partial charge in [-0.15, -0.1) is 0 Å². The van der Waals surface area contributed by atoms with Crippen LogP contribution in [0.1, 0.15) is 83.7 Å². The smallest absolute Gasteiger partial charge is 0.337 e. The minimum atomic E-state index is -4.45. The lowest BCUT2D eigenvalue weighted by atomic mass is 9.79. The molecule has 8 nitrogen and oxygen atoms in total. The number of amides is 1. The maximum Gasteiger partial charge on any atom is 0.337 e. The lowest BCUT2D eigenvalue weighted by molar-refractivity contribution is 0.0598. The van der Waals surface area contributed by atoms with E-state index in [1.54, 1.807) is 12.1 Å². The van der Waals surface area contributed by atoms with Crippen molar-refractivity contribution in [3.63, 3.8) is 0 Å². The van der Waals surface area contributed by atoms with Crippen LogP contribution >= 0.6 is 0 Å². The number of nitrogens with one attached hydrogen (secondary N) is 1. The molecule has 0 fully saturated rings. The molecule has 34 heavy (non-hydrogen) atoms. The third-order valence-electron chi connectivity index (χ3n) is 5.21. The van der Waals surface area contributed by atoms with E-state index >= 15 is 0 Å². The number of sulfonamides is 1. The Morgan fingerprint density at radius 3 is 1.44 bits per heavy atom. The van der Waals surface area contributed by atoms with Crippen molar-refractivity contribution in [3.8, 4) is 0 Å². The first-order valence-electron chi connectivity index (χ1n) is 10.5. The zero-order valence-electron chi connectivity index (χ0n) is 20.7. The molecule has 2 aromatic rings. The molecule has 0 aliphatic heterocycles. The monoisotopic (exact) mass is 489 g/mol. The molecule has 9 heteroatoms. The maximum absolute atomic E-state index is 13.1. The van der Waals surface area contributed by atoms with Crippen LogP contribution in [0.3, 0.4) is 0 Å². The molecular formula is C25H31NO7S. The highest BCUT2D eigenvalue weighted by molar-refractivity contribution is 7.90. The van der Waals surface area contributed by atoms with Crippen molar-refractivity contribution >= 4 is 27.9 Å².